The van der Waals surface area contributed by atoms with E-state index in [0.29, 0.717) is 32.5 Å². The van der Waals surface area contributed by atoms with E-state index in [2.05, 4.69) is 9.97 Å². The minimum atomic E-state index is -0.367. The topological polar surface area (TPSA) is 28.7 Å². The number of benzene rings is 2. The Bertz CT molecular complexity index is 737. The quantitative estimate of drug-likeness (QED) is 0.689. The van der Waals surface area contributed by atoms with Crippen LogP contribution in [-0.4, -0.2) is 9.97 Å². The molecule has 3 rings (SSSR count). The van der Waals surface area contributed by atoms with E-state index in [-0.39, 0.29) is 5.82 Å². The fourth-order valence-corrected chi connectivity index (χ4v) is 2.18. The highest BCUT2D eigenvalue weighted by molar-refractivity contribution is 6.35. The number of hydrogen-bond acceptors (Lipinski definition) is 1. The standard InChI is InChI=1S/C13H7Cl2FN2/c14-7-4-5-9(15)8(6-7)13-17-11-3-1-2-10(16)12(11)18-13/h1-6H,(H,17,18). The number of nitrogens with one attached hydrogen (secondary N) is 1. The van der Waals surface area contributed by atoms with Crippen molar-refractivity contribution in [3.8, 4) is 11.4 Å². The van der Waals surface area contributed by atoms with Gasteiger partial charge < -0.3 is 4.98 Å². The first-order valence-corrected chi connectivity index (χ1v) is 6.00. The number of fused-ring (bicyclic) bond motifs is 1. The summed E-state index contributed by atoms with van der Waals surface area (Å²) in [5.74, 6) is 0.135. The van der Waals surface area contributed by atoms with Crippen LogP contribution in [0.15, 0.2) is 36.4 Å². The summed E-state index contributed by atoms with van der Waals surface area (Å²) >= 11 is 12.0. The fraction of sp³-hybridized carbons (Fsp3) is 0. The summed E-state index contributed by atoms with van der Waals surface area (Å²) in [5, 5.41) is 1.06. The van der Waals surface area contributed by atoms with E-state index in [1.165, 1.54) is 6.07 Å². The number of aromatic amines is 1. The van der Waals surface area contributed by atoms with Gasteiger partial charge in [0, 0.05) is 10.6 Å². The maximum Gasteiger partial charge on any atom is 0.151 e. The van der Waals surface area contributed by atoms with Crippen LogP contribution < -0.4 is 0 Å². The molecular formula is C13H7Cl2FN2. The van der Waals surface area contributed by atoms with Crippen molar-refractivity contribution >= 4 is 34.2 Å². The molecule has 0 saturated heterocycles. The van der Waals surface area contributed by atoms with E-state index in [1.54, 1.807) is 30.3 Å². The van der Waals surface area contributed by atoms with Crippen molar-refractivity contribution in [1.82, 2.24) is 9.97 Å². The number of hydrogen-bond donors (Lipinski definition) is 1. The third-order valence-corrected chi connectivity index (χ3v) is 3.21. The van der Waals surface area contributed by atoms with Gasteiger partial charge in [-0.05, 0) is 30.3 Å². The molecule has 3 aromatic rings. The first kappa shape index (κ1) is 11.5. The Balaban J connectivity index is 2.26. The number of halogens is 3. The summed E-state index contributed by atoms with van der Waals surface area (Å²) in [7, 11) is 0. The van der Waals surface area contributed by atoms with Gasteiger partial charge in [-0.15, -0.1) is 0 Å². The van der Waals surface area contributed by atoms with Crippen molar-refractivity contribution in [2.45, 2.75) is 0 Å². The first-order chi connectivity index (χ1) is 8.65. The van der Waals surface area contributed by atoms with Gasteiger partial charge in [0.2, 0.25) is 0 Å². The van der Waals surface area contributed by atoms with Crippen LogP contribution in [0.3, 0.4) is 0 Å². The lowest BCUT2D eigenvalue weighted by Gasteiger charge is -2.00. The minimum absolute atomic E-state index is 0.295. The Hall–Kier alpha value is -1.58. The van der Waals surface area contributed by atoms with Crippen molar-refractivity contribution in [2.24, 2.45) is 0 Å². The van der Waals surface area contributed by atoms with E-state index in [1.807, 2.05) is 0 Å². The number of imidazole rings is 1. The van der Waals surface area contributed by atoms with Crippen LogP contribution in [0.1, 0.15) is 0 Å². The maximum absolute atomic E-state index is 13.6. The Morgan fingerprint density at radius 2 is 1.94 bits per heavy atom. The Labute approximate surface area is 112 Å². The second kappa shape index (κ2) is 4.26. The van der Waals surface area contributed by atoms with Crippen molar-refractivity contribution in [2.75, 3.05) is 0 Å². The zero-order valence-corrected chi connectivity index (χ0v) is 10.6. The molecule has 0 amide bonds. The van der Waals surface area contributed by atoms with E-state index in [0.717, 1.165) is 0 Å². The summed E-state index contributed by atoms with van der Waals surface area (Å²) in [6.07, 6.45) is 0. The molecule has 2 nitrogen and oxygen atoms in total. The molecule has 0 atom stereocenters. The predicted octanol–water partition coefficient (Wildman–Crippen LogP) is 4.68. The van der Waals surface area contributed by atoms with Gasteiger partial charge in [0.15, 0.2) is 5.82 Å². The largest absolute Gasteiger partial charge is 0.338 e. The van der Waals surface area contributed by atoms with Crippen LogP contribution >= 0.6 is 23.2 Å². The van der Waals surface area contributed by atoms with E-state index in [4.69, 9.17) is 23.2 Å². The molecule has 1 heterocycles. The van der Waals surface area contributed by atoms with Crippen LogP contribution in [0.2, 0.25) is 10.0 Å². The molecule has 1 N–H and O–H groups in total. The van der Waals surface area contributed by atoms with E-state index >= 15 is 0 Å². The van der Waals surface area contributed by atoms with E-state index in [9.17, 15) is 4.39 Å². The zero-order valence-electron chi connectivity index (χ0n) is 9.05. The van der Waals surface area contributed by atoms with Crippen LogP contribution in [0, 0.1) is 5.82 Å². The Morgan fingerprint density at radius 3 is 2.72 bits per heavy atom. The van der Waals surface area contributed by atoms with Crippen LogP contribution in [0.5, 0.6) is 0 Å². The third kappa shape index (κ3) is 1.85. The molecule has 0 aliphatic rings. The second-order valence-electron chi connectivity index (χ2n) is 3.85. The van der Waals surface area contributed by atoms with Crippen molar-refractivity contribution in [3.63, 3.8) is 0 Å². The summed E-state index contributed by atoms with van der Waals surface area (Å²) < 4.78 is 13.6. The number of rotatable bonds is 1. The summed E-state index contributed by atoms with van der Waals surface area (Å²) in [6.45, 7) is 0. The fourth-order valence-electron chi connectivity index (χ4n) is 1.80. The molecule has 1 aromatic heterocycles. The molecule has 5 heteroatoms. The first-order valence-electron chi connectivity index (χ1n) is 5.25. The summed E-state index contributed by atoms with van der Waals surface area (Å²) in [4.78, 5) is 7.24. The van der Waals surface area contributed by atoms with Gasteiger partial charge in [-0.25, -0.2) is 9.37 Å². The molecule has 2 aromatic carbocycles. The van der Waals surface area contributed by atoms with Crippen LogP contribution in [0.25, 0.3) is 22.4 Å². The summed E-state index contributed by atoms with van der Waals surface area (Å²) in [5.41, 5.74) is 1.57. The predicted molar refractivity (Wildman–Crippen MR) is 71.5 cm³/mol. The molecule has 0 radical (unpaired) electrons. The highest BCUT2D eigenvalue weighted by atomic mass is 35.5. The third-order valence-electron chi connectivity index (χ3n) is 2.65. The highest BCUT2D eigenvalue weighted by Gasteiger charge is 2.11. The van der Waals surface area contributed by atoms with Crippen molar-refractivity contribution < 1.29 is 4.39 Å². The molecule has 0 aliphatic carbocycles. The zero-order chi connectivity index (χ0) is 12.7. The summed E-state index contributed by atoms with van der Waals surface area (Å²) in [6, 6.07) is 9.82. The lowest BCUT2D eigenvalue weighted by molar-refractivity contribution is 0.637. The maximum atomic E-state index is 13.6. The molecular weight excluding hydrogens is 274 g/mol. The lowest BCUT2D eigenvalue weighted by atomic mass is 10.2. The molecule has 0 spiro atoms. The number of aromatic nitrogens is 2. The van der Waals surface area contributed by atoms with Gasteiger partial charge in [0.25, 0.3) is 0 Å². The molecule has 0 fully saturated rings. The van der Waals surface area contributed by atoms with Crippen molar-refractivity contribution in [3.05, 3.63) is 52.3 Å². The Kier molecular flexibility index (Phi) is 2.73. The van der Waals surface area contributed by atoms with Crippen LogP contribution in [-0.2, 0) is 0 Å². The second-order valence-corrected chi connectivity index (χ2v) is 4.69. The van der Waals surface area contributed by atoms with Crippen molar-refractivity contribution in [1.29, 1.82) is 0 Å². The molecule has 18 heavy (non-hydrogen) atoms. The van der Waals surface area contributed by atoms with Gasteiger partial charge in [-0.3, -0.25) is 0 Å². The molecule has 0 bridgehead atoms. The van der Waals surface area contributed by atoms with E-state index < -0.39 is 0 Å². The van der Waals surface area contributed by atoms with Crippen LogP contribution in [0.4, 0.5) is 4.39 Å². The highest BCUT2D eigenvalue weighted by Crippen LogP contribution is 2.30. The van der Waals surface area contributed by atoms with Gasteiger partial charge in [0.1, 0.15) is 11.3 Å². The number of H-pyrrole nitrogens is 1. The minimum Gasteiger partial charge on any atom is -0.338 e. The molecule has 90 valence electrons. The molecule has 0 saturated carbocycles. The SMILES string of the molecule is Fc1cccc2[nH]c(-c3cc(Cl)ccc3Cl)nc12. The van der Waals surface area contributed by atoms with Gasteiger partial charge in [-0.2, -0.15) is 0 Å². The molecule has 0 unspecified atom stereocenters. The normalized spacial score (nSPS) is 11.1. The average molecular weight is 281 g/mol. The number of para-hydroxylation sites is 1. The number of nitrogens with zero attached hydrogens (tertiary/aromatic N) is 1. The van der Waals surface area contributed by atoms with Gasteiger partial charge in [0.05, 0.1) is 10.5 Å². The Morgan fingerprint density at radius 1 is 1.11 bits per heavy atom. The smallest absolute Gasteiger partial charge is 0.151 e. The molecule has 0 aliphatic heterocycles. The van der Waals surface area contributed by atoms with Gasteiger partial charge in [-0.1, -0.05) is 29.3 Å². The average Bonchev–Trinajstić information content (AvgIpc) is 2.77. The monoisotopic (exact) mass is 280 g/mol. The lowest BCUT2D eigenvalue weighted by Crippen LogP contribution is -1.82. The van der Waals surface area contributed by atoms with Gasteiger partial charge >= 0.3 is 0 Å².